The Morgan fingerprint density at radius 1 is 1.09 bits per heavy atom. The zero-order valence-electron chi connectivity index (χ0n) is 25.5. The van der Waals surface area contributed by atoms with Crippen molar-refractivity contribution >= 4 is 57.3 Å². The number of thioether (sulfide) groups is 1. The zero-order chi connectivity index (χ0) is 32.4. The Hall–Kier alpha value is -4.06. The molecule has 1 amide bonds. The normalized spacial score (nSPS) is 18.5. The minimum absolute atomic E-state index is 0.00536. The predicted octanol–water partition coefficient (Wildman–Crippen LogP) is 7.62. The van der Waals surface area contributed by atoms with E-state index in [1.54, 1.807) is 36.4 Å². The number of ketones is 1. The van der Waals surface area contributed by atoms with Crippen molar-refractivity contribution in [3.63, 3.8) is 0 Å². The van der Waals surface area contributed by atoms with Crippen molar-refractivity contribution in [3.05, 3.63) is 93.5 Å². The summed E-state index contributed by atoms with van der Waals surface area (Å²) in [4.78, 5) is 28.9. The van der Waals surface area contributed by atoms with Crippen molar-refractivity contribution < 1.29 is 28.9 Å². The highest BCUT2D eigenvalue weighted by molar-refractivity contribution is 8.00. The Morgan fingerprint density at radius 3 is 2.70 bits per heavy atom. The lowest BCUT2D eigenvalue weighted by Gasteiger charge is -2.23. The van der Waals surface area contributed by atoms with Gasteiger partial charge in [0, 0.05) is 22.8 Å². The number of carbonyl (C=O) groups excluding carboxylic acids is 2. The summed E-state index contributed by atoms with van der Waals surface area (Å²) < 4.78 is 18.2. The summed E-state index contributed by atoms with van der Waals surface area (Å²) in [6.45, 7) is 6.72. The topological polar surface area (TPSA) is 111 Å². The summed E-state index contributed by atoms with van der Waals surface area (Å²) in [6, 6.07) is 17.1. The number of amides is 1. The summed E-state index contributed by atoms with van der Waals surface area (Å²) in [5.74, 6) is 0.386. The summed E-state index contributed by atoms with van der Waals surface area (Å²) in [7, 11) is 0. The third kappa shape index (κ3) is 6.31. The fraction of sp³-hybridized carbons (Fsp3) is 0.294. The molecule has 1 aromatic heterocycles. The lowest BCUT2D eigenvalue weighted by Crippen LogP contribution is -2.29. The van der Waals surface area contributed by atoms with E-state index in [-0.39, 0.29) is 22.6 Å². The minimum atomic E-state index is -1.00. The number of rotatable bonds is 11. The predicted molar refractivity (Wildman–Crippen MR) is 179 cm³/mol. The van der Waals surface area contributed by atoms with Crippen molar-refractivity contribution in [1.29, 1.82) is 0 Å². The first-order valence-electron chi connectivity index (χ1n) is 15.0. The van der Waals surface area contributed by atoms with Crippen LogP contribution in [0.5, 0.6) is 17.2 Å². The van der Waals surface area contributed by atoms with Crippen LogP contribution in [0.15, 0.2) is 70.6 Å². The number of hydrogen-bond acceptors (Lipinski definition) is 10. The van der Waals surface area contributed by atoms with Gasteiger partial charge in [-0.25, -0.2) is 0 Å². The van der Waals surface area contributed by atoms with E-state index in [2.05, 4.69) is 10.2 Å². The fourth-order valence-corrected chi connectivity index (χ4v) is 7.63. The third-order valence-electron chi connectivity index (χ3n) is 7.57. The SMILES string of the molecule is CCCOc1ccc([C@@H]2/C(=C(\O)c3ccc4c(c3)C[C@H](C)O4)C(=O)C(=O)N2c2nnc(SCc3ccccc3Cl)s2)cc1OCC. The van der Waals surface area contributed by atoms with E-state index < -0.39 is 17.7 Å². The number of aliphatic hydroxyl groups excluding tert-OH is 1. The first-order chi connectivity index (χ1) is 22.3. The standard InChI is InChI=1S/C34H32ClN3O6S2/c1-4-14-43-26-13-10-20(17-27(26)42-5-2)29-28(30(39)21-11-12-25-23(16-21)15-19(3)44-25)31(40)32(41)38(29)33-36-37-34(46-33)45-18-22-8-6-7-9-24(22)35/h6-13,16-17,19,29,39H,4-5,14-15,18H2,1-3H3/b30-28+/t19-,29+/m0/s1. The molecule has 238 valence electrons. The molecule has 0 bridgehead atoms. The number of benzene rings is 3. The molecule has 12 heteroatoms. The van der Waals surface area contributed by atoms with Gasteiger partial charge in [-0.15, -0.1) is 10.2 Å². The fourth-order valence-electron chi connectivity index (χ4n) is 5.48. The van der Waals surface area contributed by atoms with Gasteiger partial charge in [-0.3, -0.25) is 14.5 Å². The number of nitrogens with zero attached hydrogens (tertiary/aromatic N) is 3. The van der Waals surface area contributed by atoms with Crippen molar-refractivity contribution in [2.45, 2.75) is 55.9 Å². The Balaban J connectivity index is 1.43. The number of aliphatic hydroxyl groups is 1. The number of anilines is 1. The number of Topliss-reactive ketones (excluding diaryl/α,β-unsaturated/α-hetero) is 1. The van der Waals surface area contributed by atoms with Crippen LogP contribution in [-0.4, -0.2) is 46.3 Å². The molecule has 0 unspecified atom stereocenters. The maximum Gasteiger partial charge on any atom is 0.301 e. The highest BCUT2D eigenvalue weighted by Gasteiger charge is 2.48. The second kappa shape index (κ2) is 13.7. The van der Waals surface area contributed by atoms with Crippen LogP contribution in [0.1, 0.15) is 55.5 Å². The molecule has 0 spiro atoms. The van der Waals surface area contributed by atoms with Crippen LogP contribution in [0.25, 0.3) is 5.76 Å². The monoisotopic (exact) mass is 677 g/mol. The largest absolute Gasteiger partial charge is 0.507 e. The van der Waals surface area contributed by atoms with Crippen LogP contribution in [0.2, 0.25) is 5.02 Å². The Morgan fingerprint density at radius 2 is 1.91 bits per heavy atom. The highest BCUT2D eigenvalue weighted by atomic mass is 35.5. The molecule has 3 aromatic carbocycles. The highest BCUT2D eigenvalue weighted by Crippen LogP contribution is 2.46. The van der Waals surface area contributed by atoms with Gasteiger partial charge in [0.25, 0.3) is 5.78 Å². The van der Waals surface area contributed by atoms with E-state index in [1.807, 2.05) is 45.0 Å². The summed E-state index contributed by atoms with van der Waals surface area (Å²) in [5, 5.41) is 21.2. The van der Waals surface area contributed by atoms with Crippen molar-refractivity contribution in [1.82, 2.24) is 10.2 Å². The number of fused-ring (bicyclic) bond motifs is 1. The van der Waals surface area contributed by atoms with E-state index in [4.69, 9.17) is 25.8 Å². The Labute approximate surface area is 280 Å². The second-order valence-corrected chi connectivity index (χ2v) is 13.4. The molecule has 3 heterocycles. The van der Waals surface area contributed by atoms with Crippen LogP contribution < -0.4 is 19.1 Å². The van der Waals surface area contributed by atoms with Gasteiger partial charge < -0.3 is 19.3 Å². The van der Waals surface area contributed by atoms with Crippen molar-refractivity contribution in [2.24, 2.45) is 0 Å². The number of aromatic nitrogens is 2. The number of hydrogen-bond donors (Lipinski definition) is 1. The van der Waals surface area contributed by atoms with Gasteiger partial charge in [0.05, 0.1) is 24.8 Å². The van der Waals surface area contributed by atoms with Gasteiger partial charge >= 0.3 is 5.91 Å². The molecule has 0 saturated carbocycles. The van der Waals surface area contributed by atoms with Gasteiger partial charge in [0.15, 0.2) is 15.8 Å². The molecule has 1 saturated heterocycles. The van der Waals surface area contributed by atoms with Gasteiger partial charge in [-0.2, -0.15) is 0 Å². The molecular formula is C34H32ClN3O6S2. The summed E-state index contributed by atoms with van der Waals surface area (Å²) >= 11 is 8.96. The van der Waals surface area contributed by atoms with E-state index in [0.717, 1.165) is 23.3 Å². The maximum absolute atomic E-state index is 13.8. The van der Waals surface area contributed by atoms with Crippen LogP contribution in [0.4, 0.5) is 5.13 Å². The Kier molecular flexibility index (Phi) is 9.53. The van der Waals surface area contributed by atoms with E-state index in [1.165, 1.54) is 28.0 Å². The number of ether oxygens (including phenoxy) is 3. The first-order valence-corrected chi connectivity index (χ1v) is 17.2. The molecule has 0 aliphatic carbocycles. The van der Waals surface area contributed by atoms with E-state index in [9.17, 15) is 14.7 Å². The van der Waals surface area contributed by atoms with Crippen LogP contribution in [0, 0.1) is 0 Å². The average molecular weight is 678 g/mol. The molecule has 2 atom stereocenters. The first kappa shape index (κ1) is 31.9. The average Bonchev–Trinajstić information content (AvgIpc) is 3.74. The number of carbonyl (C=O) groups is 2. The van der Waals surface area contributed by atoms with Crippen LogP contribution >= 0.6 is 34.7 Å². The minimum Gasteiger partial charge on any atom is -0.507 e. The molecule has 2 aliphatic heterocycles. The van der Waals surface area contributed by atoms with Crippen molar-refractivity contribution in [3.8, 4) is 17.2 Å². The van der Waals surface area contributed by atoms with E-state index in [0.29, 0.717) is 57.4 Å². The van der Waals surface area contributed by atoms with Gasteiger partial charge in [-0.05, 0) is 73.4 Å². The molecule has 0 radical (unpaired) electrons. The van der Waals surface area contributed by atoms with Crippen LogP contribution in [-0.2, 0) is 21.8 Å². The molecule has 1 N–H and O–H groups in total. The van der Waals surface area contributed by atoms with Crippen LogP contribution in [0.3, 0.4) is 0 Å². The van der Waals surface area contributed by atoms with Crippen molar-refractivity contribution in [2.75, 3.05) is 18.1 Å². The molecule has 4 aromatic rings. The smallest absolute Gasteiger partial charge is 0.301 e. The molecule has 9 nitrogen and oxygen atoms in total. The van der Waals surface area contributed by atoms with Gasteiger partial charge in [-0.1, -0.05) is 65.9 Å². The number of halogens is 1. The zero-order valence-corrected chi connectivity index (χ0v) is 27.9. The summed E-state index contributed by atoms with van der Waals surface area (Å²) in [6.07, 6.45) is 1.49. The van der Waals surface area contributed by atoms with Gasteiger partial charge in [0.2, 0.25) is 5.13 Å². The molecule has 1 fully saturated rings. The molecule has 46 heavy (non-hydrogen) atoms. The van der Waals surface area contributed by atoms with Gasteiger partial charge in [0.1, 0.15) is 17.6 Å². The maximum atomic E-state index is 13.8. The molecule has 6 rings (SSSR count). The quantitative estimate of drug-likeness (QED) is 0.0563. The Bertz CT molecular complexity index is 1830. The second-order valence-electron chi connectivity index (χ2n) is 10.8. The molecule has 2 aliphatic rings. The van der Waals surface area contributed by atoms with E-state index >= 15 is 0 Å². The lowest BCUT2D eigenvalue weighted by molar-refractivity contribution is -0.132. The third-order valence-corrected chi connectivity index (χ3v) is 10.0. The summed E-state index contributed by atoms with van der Waals surface area (Å²) in [5.41, 5.74) is 2.77. The lowest BCUT2D eigenvalue weighted by atomic mass is 9.94. The molecular weight excluding hydrogens is 646 g/mol.